The fourth-order valence-electron chi connectivity index (χ4n) is 2.24. The fraction of sp³-hybridized carbons (Fsp3) is 0.158. The summed E-state index contributed by atoms with van der Waals surface area (Å²) in [5, 5.41) is 11.2. The molecule has 0 unspecified atom stereocenters. The smallest absolute Gasteiger partial charge is 0.338 e. The number of amides is 1. The van der Waals surface area contributed by atoms with Gasteiger partial charge in [-0.25, -0.2) is 4.79 Å². The zero-order valence-electron chi connectivity index (χ0n) is 14.8. The van der Waals surface area contributed by atoms with Gasteiger partial charge in [0.2, 0.25) is 11.8 Å². The first-order valence-electron chi connectivity index (χ1n) is 8.35. The van der Waals surface area contributed by atoms with Crippen LogP contribution in [0, 0.1) is 0 Å². The van der Waals surface area contributed by atoms with Gasteiger partial charge < -0.3 is 14.5 Å². The van der Waals surface area contributed by atoms with E-state index in [1.807, 2.05) is 30.3 Å². The molecule has 28 heavy (non-hydrogen) atoms. The van der Waals surface area contributed by atoms with E-state index in [4.69, 9.17) is 20.8 Å². The van der Waals surface area contributed by atoms with Gasteiger partial charge in [-0.1, -0.05) is 41.6 Å². The number of anilines is 1. The average Bonchev–Trinajstić information content (AvgIpc) is 3.18. The second-order valence-corrected chi connectivity index (χ2v) is 6.82. The highest BCUT2D eigenvalue weighted by atomic mass is 35.5. The Morgan fingerprint density at radius 3 is 2.71 bits per heavy atom. The van der Waals surface area contributed by atoms with Gasteiger partial charge in [-0.3, -0.25) is 4.79 Å². The lowest BCUT2D eigenvalue weighted by Crippen LogP contribution is -2.15. The van der Waals surface area contributed by atoms with Crippen molar-refractivity contribution in [2.24, 2.45) is 0 Å². The van der Waals surface area contributed by atoms with Crippen molar-refractivity contribution in [3.8, 4) is 11.5 Å². The summed E-state index contributed by atoms with van der Waals surface area (Å²) in [7, 11) is 0. The number of hydrogen-bond acceptors (Lipinski definition) is 7. The maximum Gasteiger partial charge on any atom is 0.338 e. The van der Waals surface area contributed by atoms with Crippen LogP contribution in [0.2, 0.25) is 5.02 Å². The van der Waals surface area contributed by atoms with Crippen LogP contribution in [-0.4, -0.2) is 34.4 Å². The van der Waals surface area contributed by atoms with Crippen molar-refractivity contribution in [2.75, 3.05) is 17.7 Å². The molecular formula is C19H16ClN3O4S. The third kappa shape index (κ3) is 5.11. The van der Waals surface area contributed by atoms with Gasteiger partial charge in [0, 0.05) is 5.56 Å². The van der Waals surface area contributed by atoms with Gasteiger partial charge in [0.1, 0.15) is 0 Å². The van der Waals surface area contributed by atoms with Crippen LogP contribution in [0.1, 0.15) is 17.3 Å². The molecule has 0 aliphatic heterocycles. The molecule has 1 heterocycles. The highest BCUT2D eigenvalue weighted by Gasteiger charge is 2.14. The molecule has 1 amide bonds. The summed E-state index contributed by atoms with van der Waals surface area (Å²) >= 11 is 7.20. The standard InChI is InChI=1S/C19H16ClN3O4S/c1-2-26-18(25)13-8-9-14(20)15(10-13)21-16(24)11-28-19-23-22-17(27-19)12-6-4-3-5-7-12/h3-10H,2,11H2,1H3,(H,21,24). The first kappa shape index (κ1) is 19.9. The van der Waals surface area contributed by atoms with Crippen molar-refractivity contribution in [1.29, 1.82) is 0 Å². The summed E-state index contributed by atoms with van der Waals surface area (Å²) < 4.78 is 10.5. The monoisotopic (exact) mass is 417 g/mol. The zero-order chi connectivity index (χ0) is 19.9. The van der Waals surface area contributed by atoms with Crippen LogP contribution < -0.4 is 5.32 Å². The third-order valence-corrected chi connectivity index (χ3v) is 4.65. The van der Waals surface area contributed by atoms with E-state index >= 15 is 0 Å². The van der Waals surface area contributed by atoms with Crippen LogP contribution >= 0.6 is 23.4 Å². The number of esters is 1. The number of thioether (sulfide) groups is 1. The van der Waals surface area contributed by atoms with Crippen molar-refractivity contribution in [3.05, 3.63) is 59.1 Å². The molecule has 0 bridgehead atoms. The number of carbonyl (C=O) groups is 2. The number of carbonyl (C=O) groups excluding carboxylic acids is 2. The van der Waals surface area contributed by atoms with E-state index in [9.17, 15) is 9.59 Å². The van der Waals surface area contributed by atoms with E-state index < -0.39 is 5.97 Å². The van der Waals surface area contributed by atoms with Gasteiger partial charge in [-0.05, 0) is 37.3 Å². The third-order valence-electron chi connectivity index (χ3n) is 3.51. The number of ether oxygens (including phenoxy) is 1. The molecule has 1 aromatic heterocycles. The lowest BCUT2D eigenvalue weighted by atomic mass is 10.2. The van der Waals surface area contributed by atoms with Gasteiger partial charge in [-0.2, -0.15) is 0 Å². The van der Waals surface area contributed by atoms with E-state index in [1.165, 1.54) is 18.2 Å². The Morgan fingerprint density at radius 2 is 1.96 bits per heavy atom. The largest absolute Gasteiger partial charge is 0.462 e. The molecule has 0 saturated carbocycles. The summed E-state index contributed by atoms with van der Waals surface area (Å²) in [6, 6.07) is 13.9. The van der Waals surface area contributed by atoms with Crippen LogP contribution in [0.3, 0.4) is 0 Å². The van der Waals surface area contributed by atoms with Crippen LogP contribution in [0.15, 0.2) is 58.2 Å². The zero-order valence-corrected chi connectivity index (χ0v) is 16.4. The first-order chi connectivity index (χ1) is 13.6. The number of aromatic nitrogens is 2. The maximum absolute atomic E-state index is 12.2. The fourth-order valence-corrected chi connectivity index (χ4v) is 2.97. The predicted octanol–water partition coefficient (Wildman–Crippen LogP) is 4.30. The van der Waals surface area contributed by atoms with Crippen molar-refractivity contribution in [1.82, 2.24) is 10.2 Å². The molecule has 3 aromatic rings. The first-order valence-corrected chi connectivity index (χ1v) is 9.71. The number of benzene rings is 2. The normalized spacial score (nSPS) is 10.5. The molecule has 0 spiro atoms. The van der Waals surface area contributed by atoms with Gasteiger partial charge in [0.15, 0.2) is 0 Å². The highest BCUT2D eigenvalue weighted by Crippen LogP contribution is 2.25. The molecule has 0 aliphatic rings. The van der Waals surface area contributed by atoms with E-state index in [0.717, 1.165) is 17.3 Å². The molecule has 3 rings (SSSR count). The Hall–Kier alpha value is -2.84. The SMILES string of the molecule is CCOC(=O)c1ccc(Cl)c(NC(=O)CSc2nnc(-c3ccccc3)o2)c1. The summed E-state index contributed by atoms with van der Waals surface area (Å²) in [5.74, 6) is -0.388. The number of rotatable bonds is 7. The second-order valence-electron chi connectivity index (χ2n) is 5.49. The predicted molar refractivity (Wildman–Crippen MR) is 106 cm³/mol. The molecule has 0 saturated heterocycles. The Morgan fingerprint density at radius 1 is 1.18 bits per heavy atom. The van der Waals surface area contributed by atoms with E-state index in [1.54, 1.807) is 6.92 Å². The number of nitrogens with zero attached hydrogens (tertiary/aromatic N) is 2. The molecule has 0 fully saturated rings. The minimum absolute atomic E-state index is 0.0381. The minimum Gasteiger partial charge on any atom is -0.462 e. The molecule has 144 valence electrons. The average molecular weight is 418 g/mol. The van der Waals surface area contributed by atoms with Crippen molar-refractivity contribution >= 4 is 40.9 Å². The highest BCUT2D eigenvalue weighted by molar-refractivity contribution is 7.99. The van der Waals surface area contributed by atoms with Gasteiger partial charge in [0.25, 0.3) is 5.22 Å². The molecule has 2 aromatic carbocycles. The molecule has 1 N–H and O–H groups in total. The van der Waals surface area contributed by atoms with Gasteiger partial charge in [0.05, 0.1) is 28.6 Å². The number of nitrogens with one attached hydrogen (secondary N) is 1. The molecule has 0 atom stereocenters. The van der Waals surface area contributed by atoms with E-state index in [0.29, 0.717) is 22.2 Å². The van der Waals surface area contributed by atoms with Crippen molar-refractivity contribution < 1.29 is 18.7 Å². The molecule has 0 radical (unpaired) electrons. The Labute approximate surface area is 170 Å². The number of hydrogen-bond donors (Lipinski definition) is 1. The summed E-state index contributed by atoms with van der Waals surface area (Å²) in [6.45, 7) is 1.98. The van der Waals surface area contributed by atoms with Crippen LogP contribution in [0.25, 0.3) is 11.5 Å². The van der Waals surface area contributed by atoms with Crippen LogP contribution in [0.5, 0.6) is 0 Å². The quantitative estimate of drug-likeness (QED) is 0.452. The van der Waals surface area contributed by atoms with Crippen molar-refractivity contribution in [2.45, 2.75) is 12.1 Å². The second kappa shape index (κ2) is 9.38. The summed E-state index contributed by atoms with van der Waals surface area (Å²) in [6.07, 6.45) is 0. The minimum atomic E-state index is -0.483. The Kier molecular flexibility index (Phi) is 6.67. The lowest BCUT2D eigenvalue weighted by molar-refractivity contribution is -0.113. The topological polar surface area (TPSA) is 94.3 Å². The lowest BCUT2D eigenvalue weighted by Gasteiger charge is -2.08. The summed E-state index contributed by atoms with van der Waals surface area (Å²) in [5.41, 5.74) is 1.43. The Bertz CT molecular complexity index is 978. The molecule has 9 heteroatoms. The molecule has 7 nitrogen and oxygen atoms in total. The van der Waals surface area contributed by atoms with Crippen LogP contribution in [-0.2, 0) is 9.53 Å². The van der Waals surface area contributed by atoms with Gasteiger partial charge >= 0.3 is 5.97 Å². The number of halogens is 1. The Balaban J connectivity index is 1.60. The summed E-state index contributed by atoms with van der Waals surface area (Å²) in [4.78, 5) is 24.0. The molecular weight excluding hydrogens is 402 g/mol. The maximum atomic E-state index is 12.2. The van der Waals surface area contributed by atoms with Crippen molar-refractivity contribution in [3.63, 3.8) is 0 Å². The van der Waals surface area contributed by atoms with E-state index in [-0.39, 0.29) is 23.5 Å². The molecule has 0 aliphatic carbocycles. The van der Waals surface area contributed by atoms with Crippen LogP contribution in [0.4, 0.5) is 5.69 Å². The van der Waals surface area contributed by atoms with E-state index in [2.05, 4.69) is 15.5 Å². The van der Waals surface area contributed by atoms with Gasteiger partial charge in [-0.15, -0.1) is 10.2 Å².